The van der Waals surface area contributed by atoms with Crippen LogP contribution in [-0.2, 0) is 21.7 Å². The average molecular weight is 408 g/mol. The SMILES string of the molecule is CCPCC.CCPCC.CCPCC.CCPCC.[Ti]. The second-order valence-corrected chi connectivity index (χ2v) is 11.5. The standard InChI is InChI=1S/4C4H11P.Ti/c4*1-3-5-4-2;/h4*5H,3-4H2,1-2H3;. The molecule has 0 N–H and O–H groups in total. The van der Waals surface area contributed by atoms with E-state index in [-0.39, 0.29) is 21.7 Å². The van der Waals surface area contributed by atoms with Crippen LogP contribution in [0.25, 0.3) is 0 Å². The van der Waals surface area contributed by atoms with Crippen molar-refractivity contribution >= 4 is 34.3 Å². The third kappa shape index (κ3) is 86.0. The second kappa shape index (κ2) is 49.5. The van der Waals surface area contributed by atoms with E-state index >= 15 is 0 Å². The molecule has 0 rings (SSSR count). The molecule has 0 heterocycles. The number of hydrogen-bond donors (Lipinski definition) is 0. The second-order valence-electron chi connectivity index (χ2n) is 3.83. The predicted molar refractivity (Wildman–Crippen MR) is 118 cm³/mol. The van der Waals surface area contributed by atoms with Crippen molar-refractivity contribution in [3.63, 3.8) is 0 Å². The molecule has 0 bridgehead atoms. The third-order valence-corrected chi connectivity index (χ3v) is 6.00. The molecule has 0 atom stereocenters. The zero-order valence-corrected chi connectivity index (χ0v) is 21.7. The summed E-state index contributed by atoms with van der Waals surface area (Å²) in [6.45, 7) is 17.8. The van der Waals surface area contributed by atoms with Crippen LogP contribution in [0.4, 0.5) is 0 Å². The minimum Gasteiger partial charge on any atom is -0.123 e. The van der Waals surface area contributed by atoms with Crippen LogP contribution in [0.5, 0.6) is 0 Å². The molecular formula is C16H44P4Ti. The van der Waals surface area contributed by atoms with Crippen molar-refractivity contribution in [1.29, 1.82) is 0 Å². The first-order valence-corrected chi connectivity index (χ1v) is 14.1. The summed E-state index contributed by atoms with van der Waals surface area (Å²) in [5, 5.41) is 0. The summed E-state index contributed by atoms with van der Waals surface area (Å²) in [5.74, 6) is 0. The van der Waals surface area contributed by atoms with Gasteiger partial charge in [-0.15, -0.1) is 34.3 Å². The fraction of sp³-hybridized carbons (Fsp3) is 1.00. The third-order valence-electron chi connectivity index (χ3n) is 2.00. The van der Waals surface area contributed by atoms with E-state index in [2.05, 4.69) is 55.4 Å². The molecule has 0 saturated heterocycles. The van der Waals surface area contributed by atoms with Crippen LogP contribution in [0.1, 0.15) is 55.4 Å². The monoisotopic (exact) mass is 408 g/mol. The molecule has 0 aromatic rings. The van der Waals surface area contributed by atoms with Gasteiger partial charge in [-0.1, -0.05) is 55.4 Å². The molecule has 132 valence electrons. The van der Waals surface area contributed by atoms with Crippen molar-refractivity contribution < 1.29 is 21.7 Å². The Labute approximate surface area is 160 Å². The Morgan fingerprint density at radius 1 is 0.333 bits per heavy atom. The quantitative estimate of drug-likeness (QED) is 0.306. The van der Waals surface area contributed by atoms with Crippen molar-refractivity contribution in [2.45, 2.75) is 55.4 Å². The van der Waals surface area contributed by atoms with Gasteiger partial charge < -0.3 is 0 Å². The predicted octanol–water partition coefficient (Wildman–Crippen LogP) is 6.82. The molecule has 0 unspecified atom stereocenters. The van der Waals surface area contributed by atoms with Crippen LogP contribution in [-0.4, -0.2) is 49.3 Å². The number of rotatable bonds is 8. The molecule has 0 aliphatic rings. The Kier molecular flexibility index (Phi) is 81.8. The molecule has 0 aliphatic heterocycles. The van der Waals surface area contributed by atoms with E-state index in [1.807, 2.05) is 0 Å². The van der Waals surface area contributed by atoms with Gasteiger partial charge in [-0.3, -0.25) is 0 Å². The van der Waals surface area contributed by atoms with E-state index in [0.717, 1.165) is 0 Å². The van der Waals surface area contributed by atoms with Crippen molar-refractivity contribution in [1.82, 2.24) is 0 Å². The molecule has 0 saturated carbocycles. The largest absolute Gasteiger partial charge is 0.123 e. The molecule has 0 fully saturated rings. The Morgan fingerprint density at radius 2 is 0.429 bits per heavy atom. The van der Waals surface area contributed by atoms with Crippen molar-refractivity contribution in [3.05, 3.63) is 0 Å². The normalized spacial score (nSPS) is 8.00. The van der Waals surface area contributed by atoms with Crippen LogP contribution in [0.15, 0.2) is 0 Å². The summed E-state index contributed by atoms with van der Waals surface area (Å²) in [5.41, 5.74) is 0. The molecule has 0 aromatic heterocycles. The van der Waals surface area contributed by atoms with Crippen molar-refractivity contribution in [2.75, 3.05) is 49.3 Å². The summed E-state index contributed by atoms with van der Waals surface area (Å²) in [6, 6.07) is 0. The summed E-state index contributed by atoms with van der Waals surface area (Å²) in [7, 11) is 4.79. The Bertz CT molecular complexity index is 74.3. The molecule has 0 radical (unpaired) electrons. The Morgan fingerprint density at radius 3 is 0.429 bits per heavy atom. The van der Waals surface area contributed by atoms with E-state index in [0.29, 0.717) is 0 Å². The van der Waals surface area contributed by atoms with Crippen LogP contribution in [0, 0.1) is 0 Å². The van der Waals surface area contributed by atoms with Gasteiger partial charge in [0.1, 0.15) is 0 Å². The fourth-order valence-electron chi connectivity index (χ4n) is 1.000. The molecule has 0 nitrogen and oxygen atoms in total. The van der Waals surface area contributed by atoms with E-state index in [1.54, 1.807) is 0 Å². The minimum atomic E-state index is 0. The first-order valence-electron chi connectivity index (χ1n) is 8.49. The maximum absolute atomic E-state index is 2.22. The van der Waals surface area contributed by atoms with Gasteiger partial charge in [-0.25, -0.2) is 0 Å². The smallest absolute Gasteiger partial charge is 0 e. The van der Waals surface area contributed by atoms with Crippen LogP contribution in [0.3, 0.4) is 0 Å². The van der Waals surface area contributed by atoms with E-state index < -0.39 is 0 Å². The van der Waals surface area contributed by atoms with Gasteiger partial charge in [-0.2, -0.15) is 0 Å². The van der Waals surface area contributed by atoms with Crippen LogP contribution < -0.4 is 0 Å². The summed E-state index contributed by atoms with van der Waals surface area (Å²) in [4.78, 5) is 0. The maximum Gasteiger partial charge on any atom is 0 e. The molecule has 0 aromatic carbocycles. The van der Waals surface area contributed by atoms with E-state index in [4.69, 9.17) is 0 Å². The molecule has 0 spiro atoms. The first-order chi connectivity index (χ1) is 9.66. The van der Waals surface area contributed by atoms with Gasteiger partial charge in [0.2, 0.25) is 0 Å². The molecule has 0 aliphatic carbocycles. The van der Waals surface area contributed by atoms with E-state index in [9.17, 15) is 0 Å². The van der Waals surface area contributed by atoms with Gasteiger partial charge in [0.15, 0.2) is 0 Å². The molecular weight excluding hydrogens is 364 g/mol. The van der Waals surface area contributed by atoms with Crippen LogP contribution in [0.2, 0.25) is 0 Å². The zero-order valence-electron chi connectivity index (χ0n) is 16.2. The zero-order chi connectivity index (χ0) is 16.5. The van der Waals surface area contributed by atoms with Gasteiger partial charge in [-0.05, 0) is 49.3 Å². The Hall–Kier alpha value is 2.43. The van der Waals surface area contributed by atoms with Gasteiger partial charge in [0, 0.05) is 21.7 Å². The molecule has 5 heteroatoms. The summed E-state index contributed by atoms with van der Waals surface area (Å²) >= 11 is 0. The summed E-state index contributed by atoms with van der Waals surface area (Å²) < 4.78 is 0. The van der Waals surface area contributed by atoms with Crippen LogP contribution >= 0.6 is 34.3 Å². The van der Waals surface area contributed by atoms with Crippen molar-refractivity contribution in [3.8, 4) is 0 Å². The number of hydrogen-bond acceptors (Lipinski definition) is 0. The van der Waals surface area contributed by atoms with Gasteiger partial charge in [0.25, 0.3) is 0 Å². The fourth-order valence-corrected chi connectivity index (χ4v) is 3.00. The molecule has 0 amide bonds. The average Bonchev–Trinajstić information content (AvgIpc) is 2.44. The van der Waals surface area contributed by atoms with Gasteiger partial charge >= 0.3 is 0 Å². The summed E-state index contributed by atoms with van der Waals surface area (Å²) in [6.07, 6.45) is 11.0. The first kappa shape index (κ1) is 34.7. The topological polar surface area (TPSA) is 0 Å². The maximum atomic E-state index is 2.22. The van der Waals surface area contributed by atoms with Gasteiger partial charge in [0.05, 0.1) is 0 Å². The van der Waals surface area contributed by atoms with Crippen molar-refractivity contribution in [2.24, 2.45) is 0 Å². The van der Waals surface area contributed by atoms with E-state index in [1.165, 1.54) is 83.6 Å². The minimum absolute atomic E-state index is 0. The molecule has 21 heavy (non-hydrogen) atoms. The Balaban J connectivity index is -0.0000000533.